The fourth-order valence-electron chi connectivity index (χ4n) is 2.88. The van der Waals surface area contributed by atoms with E-state index in [1.165, 1.54) is 6.07 Å². The standard InChI is InChI=1S/C16H19NO4/c1-20-13-4-5-14-11(7-16(19)21-15(14)8-13)9-17-6-2-3-12(18)10-17/h4-5,7-8,12,18H,2-3,6,9-10H2,1H3/t12-/m1/s1. The molecule has 1 aromatic heterocycles. The first-order valence-corrected chi connectivity index (χ1v) is 7.17. The van der Waals surface area contributed by atoms with Crippen molar-refractivity contribution < 1.29 is 14.3 Å². The molecule has 112 valence electrons. The van der Waals surface area contributed by atoms with Gasteiger partial charge in [0.25, 0.3) is 0 Å². The maximum atomic E-state index is 11.7. The molecular weight excluding hydrogens is 270 g/mol. The van der Waals surface area contributed by atoms with E-state index in [0.717, 1.165) is 30.3 Å². The molecule has 1 fully saturated rings. The van der Waals surface area contributed by atoms with Gasteiger partial charge in [-0.05, 0) is 37.1 Å². The quantitative estimate of drug-likeness (QED) is 0.872. The number of hydrogen-bond acceptors (Lipinski definition) is 5. The lowest BCUT2D eigenvalue weighted by atomic mass is 10.1. The Balaban J connectivity index is 1.95. The normalized spacial score (nSPS) is 19.8. The first kappa shape index (κ1) is 14.1. The second-order valence-electron chi connectivity index (χ2n) is 5.48. The van der Waals surface area contributed by atoms with Crippen LogP contribution in [0.2, 0.25) is 0 Å². The molecule has 21 heavy (non-hydrogen) atoms. The number of aliphatic hydroxyl groups excluding tert-OH is 1. The molecule has 0 amide bonds. The molecule has 1 aromatic carbocycles. The molecule has 3 rings (SSSR count). The lowest BCUT2D eigenvalue weighted by Crippen LogP contribution is -2.37. The molecule has 1 atom stereocenters. The Hall–Kier alpha value is -1.85. The average molecular weight is 289 g/mol. The average Bonchev–Trinajstić information content (AvgIpc) is 2.46. The van der Waals surface area contributed by atoms with Crippen molar-refractivity contribution in [1.82, 2.24) is 4.90 Å². The molecule has 5 nitrogen and oxygen atoms in total. The zero-order valence-electron chi connectivity index (χ0n) is 12.0. The van der Waals surface area contributed by atoms with Crippen LogP contribution in [0, 0.1) is 0 Å². The van der Waals surface area contributed by atoms with Crippen LogP contribution in [0.15, 0.2) is 33.5 Å². The highest BCUT2D eigenvalue weighted by molar-refractivity contribution is 5.81. The van der Waals surface area contributed by atoms with Crippen molar-refractivity contribution >= 4 is 11.0 Å². The minimum atomic E-state index is -0.358. The summed E-state index contributed by atoms with van der Waals surface area (Å²) in [5.74, 6) is 0.663. The lowest BCUT2D eigenvalue weighted by molar-refractivity contribution is 0.0670. The summed E-state index contributed by atoms with van der Waals surface area (Å²) < 4.78 is 10.4. The van der Waals surface area contributed by atoms with Crippen molar-refractivity contribution in [2.75, 3.05) is 20.2 Å². The topological polar surface area (TPSA) is 62.9 Å². The van der Waals surface area contributed by atoms with E-state index in [-0.39, 0.29) is 11.7 Å². The summed E-state index contributed by atoms with van der Waals surface area (Å²) in [6.07, 6.45) is 1.56. The number of ether oxygens (including phenoxy) is 1. The van der Waals surface area contributed by atoms with E-state index in [2.05, 4.69) is 4.90 Å². The first-order chi connectivity index (χ1) is 10.2. The number of hydrogen-bond donors (Lipinski definition) is 1. The molecule has 0 radical (unpaired) electrons. The fraction of sp³-hybridized carbons (Fsp3) is 0.438. The van der Waals surface area contributed by atoms with E-state index in [9.17, 15) is 9.90 Å². The van der Waals surface area contributed by atoms with Crippen LogP contribution in [0.3, 0.4) is 0 Å². The fourth-order valence-corrected chi connectivity index (χ4v) is 2.88. The molecule has 1 aliphatic rings. The molecule has 1 saturated heterocycles. The van der Waals surface area contributed by atoms with E-state index >= 15 is 0 Å². The van der Waals surface area contributed by atoms with E-state index in [1.807, 2.05) is 12.1 Å². The highest BCUT2D eigenvalue weighted by Crippen LogP contribution is 2.24. The number of rotatable bonds is 3. The van der Waals surface area contributed by atoms with E-state index in [1.54, 1.807) is 13.2 Å². The summed E-state index contributed by atoms with van der Waals surface area (Å²) in [7, 11) is 1.58. The van der Waals surface area contributed by atoms with Gasteiger partial charge in [0.15, 0.2) is 0 Å². The number of aliphatic hydroxyl groups is 1. The zero-order valence-corrected chi connectivity index (χ0v) is 12.0. The first-order valence-electron chi connectivity index (χ1n) is 7.17. The summed E-state index contributed by atoms with van der Waals surface area (Å²) in [6, 6.07) is 7.03. The van der Waals surface area contributed by atoms with Gasteiger partial charge in [0.1, 0.15) is 11.3 Å². The number of β-amino-alcohol motifs (C(OH)–C–C–N with tert-alkyl or cyclic N) is 1. The predicted molar refractivity (Wildman–Crippen MR) is 79.6 cm³/mol. The van der Waals surface area contributed by atoms with E-state index < -0.39 is 0 Å². The van der Waals surface area contributed by atoms with Gasteiger partial charge in [-0.2, -0.15) is 0 Å². The van der Waals surface area contributed by atoms with E-state index in [0.29, 0.717) is 24.4 Å². The SMILES string of the molecule is COc1ccc2c(CN3CCC[C@@H](O)C3)cc(=O)oc2c1. The Morgan fingerprint density at radius 2 is 2.29 bits per heavy atom. The molecule has 0 saturated carbocycles. The Morgan fingerprint density at radius 3 is 3.05 bits per heavy atom. The number of methoxy groups -OCH3 is 1. The Morgan fingerprint density at radius 1 is 1.43 bits per heavy atom. The summed E-state index contributed by atoms with van der Waals surface area (Å²) >= 11 is 0. The molecule has 2 aromatic rings. The highest BCUT2D eigenvalue weighted by Gasteiger charge is 2.19. The van der Waals surface area contributed by atoms with Crippen LogP contribution < -0.4 is 10.4 Å². The van der Waals surface area contributed by atoms with Crippen LogP contribution in [0.1, 0.15) is 18.4 Å². The van der Waals surface area contributed by atoms with Crippen LogP contribution in [0.25, 0.3) is 11.0 Å². The molecule has 5 heteroatoms. The second kappa shape index (κ2) is 5.87. The van der Waals surface area contributed by atoms with Crippen molar-refractivity contribution in [3.05, 3.63) is 40.2 Å². The Labute approximate surface area is 122 Å². The van der Waals surface area contributed by atoms with Gasteiger partial charge in [0, 0.05) is 30.6 Å². The van der Waals surface area contributed by atoms with Gasteiger partial charge in [0.05, 0.1) is 13.2 Å². The number of likely N-dealkylation sites (tertiary alicyclic amines) is 1. The van der Waals surface area contributed by atoms with Gasteiger partial charge < -0.3 is 14.3 Å². The molecule has 0 aliphatic carbocycles. The van der Waals surface area contributed by atoms with Crippen LogP contribution in [0.5, 0.6) is 5.75 Å². The monoisotopic (exact) mass is 289 g/mol. The van der Waals surface area contributed by atoms with Gasteiger partial charge in [0.2, 0.25) is 0 Å². The minimum absolute atomic E-state index is 0.273. The third-order valence-corrected chi connectivity index (χ3v) is 3.91. The maximum Gasteiger partial charge on any atom is 0.336 e. The molecule has 0 spiro atoms. The van der Waals surface area contributed by atoms with Crippen molar-refractivity contribution in [3.63, 3.8) is 0 Å². The van der Waals surface area contributed by atoms with E-state index in [4.69, 9.17) is 9.15 Å². The second-order valence-corrected chi connectivity index (χ2v) is 5.48. The smallest absolute Gasteiger partial charge is 0.336 e. The predicted octanol–water partition coefficient (Wildman–Crippen LogP) is 1.76. The molecular formula is C16H19NO4. The summed E-state index contributed by atoms with van der Waals surface area (Å²) in [4.78, 5) is 13.9. The van der Waals surface area contributed by atoms with Gasteiger partial charge in [-0.25, -0.2) is 4.79 Å². The molecule has 0 bridgehead atoms. The largest absolute Gasteiger partial charge is 0.497 e. The highest BCUT2D eigenvalue weighted by atomic mass is 16.5. The molecule has 1 aliphatic heterocycles. The van der Waals surface area contributed by atoms with Crippen LogP contribution in [-0.4, -0.2) is 36.3 Å². The van der Waals surface area contributed by atoms with Crippen molar-refractivity contribution in [2.45, 2.75) is 25.5 Å². The summed E-state index contributed by atoms with van der Waals surface area (Å²) in [5, 5.41) is 10.7. The third-order valence-electron chi connectivity index (χ3n) is 3.91. The lowest BCUT2D eigenvalue weighted by Gasteiger charge is -2.30. The van der Waals surface area contributed by atoms with Crippen LogP contribution in [0.4, 0.5) is 0 Å². The van der Waals surface area contributed by atoms with Crippen LogP contribution in [-0.2, 0) is 6.54 Å². The van der Waals surface area contributed by atoms with Crippen molar-refractivity contribution in [3.8, 4) is 5.75 Å². The number of fused-ring (bicyclic) bond motifs is 1. The molecule has 2 heterocycles. The maximum absolute atomic E-state index is 11.7. The van der Waals surface area contributed by atoms with Gasteiger partial charge >= 0.3 is 5.63 Å². The van der Waals surface area contributed by atoms with Crippen molar-refractivity contribution in [1.29, 1.82) is 0 Å². The number of nitrogens with zero attached hydrogens (tertiary/aromatic N) is 1. The zero-order chi connectivity index (χ0) is 14.8. The summed E-state index contributed by atoms with van der Waals surface area (Å²) in [5.41, 5.74) is 1.11. The molecule has 0 unspecified atom stereocenters. The Kier molecular flexibility index (Phi) is 3.94. The molecule has 1 N–H and O–H groups in total. The Bertz CT molecular complexity index is 694. The van der Waals surface area contributed by atoms with Gasteiger partial charge in [-0.15, -0.1) is 0 Å². The van der Waals surface area contributed by atoms with Gasteiger partial charge in [-0.3, -0.25) is 4.90 Å². The number of benzene rings is 1. The van der Waals surface area contributed by atoms with Gasteiger partial charge in [-0.1, -0.05) is 0 Å². The number of piperidine rings is 1. The van der Waals surface area contributed by atoms with Crippen molar-refractivity contribution in [2.24, 2.45) is 0 Å². The minimum Gasteiger partial charge on any atom is -0.497 e. The summed E-state index contributed by atoms with van der Waals surface area (Å²) in [6.45, 7) is 2.23. The third kappa shape index (κ3) is 3.09. The van der Waals surface area contributed by atoms with Crippen LogP contribution >= 0.6 is 0 Å².